The van der Waals surface area contributed by atoms with E-state index < -0.39 is 5.60 Å². The molecule has 0 amide bonds. The van der Waals surface area contributed by atoms with E-state index in [0.29, 0.717) is 17.0 Å². The third kappa shape index (κ3) is 3.06. The van der Waals surface area contributed by atoms with E-state index in [0.717, 1.165) is 48.9 Å². The third-order valence-corrected chi connectivity index (χ3v) is 9.55. The Hall–Kier alpha value is 0.110. The fourth-order valence-electron chi connectivity index (χ4n) is 7.91. The van der Waals surface area contributed by atoms with Crippen LogP contribution in [0.25, 0.3) is 0 Å². The van der Waals surface area contributed by atoms with Gasteiger partial charge in [-0.3, -0.25) is 4.79 Å². The third-order valence-electron chi connectivity index (χ3n) is 9.00. The molecule has 4 fully saturated rings. The summed E-state index contributed by atoms with van der Waals surface area (Å²) in [4.78, 5) is 12.5. The van der Waals surface area contributed by atoms with Crippen LogP contribution >= 0.6 is 15.9 Å². The number of ketones is 1. The van der Waals surface area contributed by atoms with Gasteiger partial charge in [-0.2, -0.15) is 0 Å². The minimum Gasteiger partial charge on any atom is -0.390 e. The Morgan fingerprint density at radius 3 is 2.52 bits per heavy atom. The van der Waals surface area contributed by atoms with Crippen LogP contribution in [0.4, 0.5) is 0 Å². The van der Waals surface area contributed by atoms with E-state index in [1.165, 1.54) is 44.9 Å². The maximum atomic E-state index is 12.5. The molecule has 0 aromatic heterocycles. The van der Waals surface area contributed by atoms with E-state index in [2.05, 4.69) is 29.8 Å². The number of Topliss-reactive ketones (excluding diaryl/α,β-unsaturated/α-hetero) is 1. The van der Waals surface area contributed by atoms with Crippen molar-refractivity contribution in [2.45, 2.75) is 83.7 Å². The first-order valence-electron chi connectivity index (χ1n) is 10.7. The van der Waals surface area contributed by atoms with Crippen molar-refractivity contribution in [2.24, 2.45) is 40.9 Å². The van der Waals surface area contributed by atoms with Crippen LogP contribution in [0.3, 0.4) is 0 Å². The number of halogens is 1. The highest BCUT2D eigenvalue weighted by molar-refractivity contribution is 9.09. The molecule has 4 aliphatic carbocycles. The molecule has 0 unspecified atom stereocenters. The summed E-state index contributed by atoms with van der Waals surface area (Å²) in [7, 11) is 0. The summed E-state index contributed by atoms with van der Waals surface area (Å²) < 4.78 is 0. The van der Waals surface area contributed by atoms with Gasteiger partial charge in [0.05, 0.1) is 10.9 Å². The molecule has 0 aromatic rings. The molecule has 4 aliphatic rings. The second kappa shape index (κ2) is 6.62. The Bertz CT molecular complexity index is 530. The zero-order chi connectivity index (χ0) is 17.8. The van der Waals surface area contributed by atoms with Crippen LogP contribution in [0.5, 0.6) is 0 Å². The fraction of sp³-hybridized carbons (Fsp3) is 0.955. The first-order chi connectivity index (χ1) is 11.9. The van der Waals surface area contributed by atoms with Crippen LogP contribution in [0.2, 0.25) is 0 Å². The molecular formula is C22H35BrO2. The van der Waals surface area contributed by atoms with E-state index >= 15 is 0 Å². The largest absolute Gasteiger partial charge is 0.390 e. The lowest BCUT2D eigenvalue weighted by Crippen LogP contribution is -2.47. The van der Waals surface area contributed by atoms with Gasteiger partial charge in [0.25, 0.3) is 0 Å². The maximum Gasteiger partial charge on any atom is 0.147 e. The van der Waals surface area contributed by atoms with Crippen molar-refractivity contribution in [2.75, 3.05) is 5.33 Å². The van der Waals surface area contributed by atoms with E-state index in [1.807, 2.05) is 0 Å². The zero-order valence-electron chi connectivity index (χ0n) is 16.0. The van der Waals surface area contributed by atoms with E-state index in [4.69, 9.17) is 0 Å². The second-order valence-electron chi connectivity index (χ2n) is 10.3. The van der Waals surface area contributed by atoms with Gasteiger partial charge in [0.2, 0.25) is 0 Å². The Kier molecular flexibility index (Phi) is 4.89. The standard InChI is InChI=1S/C22H35BrO2/c1-21(25)10-8-15-14(12-21)4-3-5-17-16(15)9-11-22(2)18(17)6-7-19(22)20(24)13-23/h14-19,25H,3-13H2,1-2H3/t14-,15-,16+,17+,18-,19+,21+,22-/m0/s1. The Balaban J connectivity index is 1.57. The van der Waals surface area contributed by atoms with Gasteiger partial charge in [-0.15, -0.1) is 0 Å². The number of hydrogen-bond acceptors (Lipinski definition) is 2. The van der Waals surface area contributed by atoms with E-state index in [-0.39, 0.29) is 5.41 Å². The SMILES string of the molecule is C[C@@]1(O)CC[C@H]2[C@@H](CCC[C@@H]3[C@@H]2CC[C@]2(C)[C@@H](C(=O)CBr)CC[C@@H]32)C1. The summed E-state index contributed by atoms with van der Waals surface area (Å²) in [5.41, 5.74) is -0.170. The van der Waals surface area contributed by atoms with Crippen LogP contribution in [0, 0.1) is 40.9 Å². The number of carbonyl (C=O) groups is 1. The maximum absolute atomic E-state index is 12.5. The number of fused-ring (bicyclic) bond motifs is 5. The molecule has 25 heavy (non-hydrogen) atoms. The molecule has 0 bridgehead atoms. The number of aliphatic hydroxyl groups is 1. The predicted molar refractivity (Wildman–Crippen MR) is 105 cm³/mol. The van der Waals surface area contributed by atoms with Crippen LogP contribution < -0.4 is 0 Å². The van der Waals surface area contributed by atoms with Crippen LogP contribution in [-0.2, 0) is 4.79 Å². The second-order valence-corrected chi connectivity index (χ2v) is 10.9. The van der Waals surface area contributed by atoms with Gasteiger partial charge in [0.15, 0.2) is 0 Å². The van der Waals surface area contributed by atoms with Crippen LogP contribution in [0.1, 0.15) is 78.1 Å². The normalized spacial score (nSPS) is 52.6. The average molecular weight is 411 g/mol. The Labute approximate surface area is 161 Å². The van der Waals surface area contributed by atoms with Crippen molar-refractivity contribution in [3.05, 3.63) is 0 Å². The van der Waals surface area contributed by atoms with Gasteiger partial charge in [-0.1, -0.05) is 35.7 Å². The molecule has 0 aliphatic heterocycles. The molecule has 0 radical (unpaired) electrons. The van der Waals surface area contributed by atoms with Crippen molar-refractivity contribution >= 4 is 21.7 Å². The fourth-order valence-corrected chi connectivity index (χ4v) is 8.30. The molecule has 142 valence electrons. The highest BCUT2D eigenvalue weighted by atomic mass is 79.9. The number of alkyl halides is 1. The minimum absolute atomic E-state index is 0.256. The lowest BCUT2D eigenvalue weighted by molar-refractivity contribution is -0.126. The molecule has 8 atom stereocenters. The molecule has 3 heteroatoms. The topological polar surface area (TPSA) is 37.3 Å². The van der Waals surface area contributed by atoms with E-state index in [1.54, 1.807) is 0 Å². The molecule has 4 saturated carbocycles. The molecule has 0 heterocycles. The predicted octanol–water partition coefficient (Wildman–Crippen LogP) is 5.36. The van der Waals surface area contributed by atoms with Crippen molar-refractivity contribution in [3.63, 3.8) is 0 Å². The highest BCUT2D eigenvalue weighted by Gasteiger charge is 2.57. The summed E-state index contributed by atoms with van der Waals surface area (Å²) in [6.45, 7) is 4.50. The summed E-state index contributed by atoms with van der Waals surface area (Å²) in [5.74, 6) is 4.78. The highest BCUT2D eigenvalue weighted by Crippen LogP contribution is 2.63. The number of carbonyl (C=O) groups excluding carboxylic acids is 1. The summed E-state index contributed by atoms with van der Waals surface area (Å²) >= 11 is 3.43. The average Bonchev–Trinajstić information content (AvgIpc) is 2.81. The van der Waals surface area contributed by atoms with Gasteiger partial charge in [-0.25, -0.2) is 0 Å². The van der Waals surface area contributed by atoms with Gasteiger partial charge >= 0.3 is 0 Å². The molecule has 1 N–H and O–H groups in total. The monoisotopic (exact) mass is 410 g/mol. The summed E-state index contributed by atoms with van der Waals surface area (Å²) in [6, 6.07) is 0. The van der Waals surface area contributed by atoms with Gasteiger partial charge < -0.3 is 5.11 Å². The Morgan fingerprint density at radius 1 is 1.00 bits per heavy atom. The molecule has 4 rings (SSSR count). The molecule has 2 nitrogen and oxygen atoms in total. The van der Waals surface area contributed by atoms with E-state index in [9.17, 15) is 9.90 Å². The molecule has 0 aromatic carbocycles. The van der Waals surface area contributed by atoms with Gasteiger partial charge in [0.1, 0.15) is 5.78 Å². The summed E-state index contributed by atoms with van der Waals surface area (Å²) in [5, 5.41) is 11.1. The minimum atomic E-state index is -0.426. The Morgan fingerprint density at radius 2 is 1.76 bits per heavy atom. The molecular weight excluding hydrogens is 376 g/mol. The van der Waals surface area contributed by atoms with Crippen LogP contribution in [0.15, 0.2) is 0 Å². The lowest BCUT2D eigenvalue weighted by atomic mass is 9.53. The molecule has 0 saturated heterocycles. The van der Waals surface area contributed by atoms with Gasteiger partial charge in [-0.05, 0) is 93.3 Å². The number of rotatable bonds is 2. The zero-order valence-corrected chi connectivity index (χ0v) is 17.6. The number of hydrogen-bond donors (Lipinski definition) is 1. The molecule has 0 spiro atoms. The van der Waals surface area contributed by atoms with Crippen molar-refractivity contribution < 1.29 is 9.90 Å². The first kappa shape index (κ1) is 18.5. The van der Waals surface area contributed by atoms with Crippen molar-refractivity contribution in [3.8, 4) is 0 Å². The van der Waals surface area contributed by atoms with Crippen molar-refractivity contribution in [1.29, 1.82) is 0 Å². The van der Waals surface area contributed by atoms with Crippen LogP contribution in [-0.4, -0.2) is 21.8 Å². The lowest BCUT2D eigenvalue weighted by Gasteiger charge is -2.52. The smallest absolute Gasteiger partial charge is 0.147 e. The van der Waals surface area contributed by atoms with Crippen molar-refractivity contribution in [1.82, 2.24) is 0 Å². The first-order valence-corrected chi connectivity index (χ1v) is 11.8. The van der Waals surface area contributed by atoms with Gasteiger partial charge in [0, 0.05) is 5.92 Å². The summed E-state index contributed by atoms with van der Waals surface area (Å²) in [6.07, 6.45) is 12.2. The quantitative estimate of drug-likeness (QED) is 0.621.